The third-order valence-corrected chi connectivity index (χ3v) is 3.63. The predicted octanol–water partition coefficient (Wildman–Crippen LogP) is 1.60. The normalized spacial score (nSPS) is 16.4. The molecule has 1 saturated heterocycles. The molecule has 0 aromatic carbocycles. The molecule has 2 heterocycles. The van der Waals surface area contributed by atoms with E-state index in [1.807, 2.05) is 0 Å². The summed E-state index contributed by atoms with van der Waals surface area (Å²) in [5.41, 5.74) is -0.0701. The monoisotopic (exact) mass is 279 g/mol. The molecule has 1 fully saturated rings. The number of piperidine rings is 1. The zero-order valence-electron chi connectivity index (χ0n) is 12.0. The van der Waals surface area contributed by atoms with Gasteiger partial charge in [0.1, 0.15) is 12.4 Å². The van der Waals surface area contributed by atoms with E-state index in [4.69, 9.17) is 0 Å². The van der Waals surface area contributed by atoms with Gasteiger partial charge in [-0.2, -0.15) is 0 Å². The quantitative estimate of drug-likeness (QED) is 0.651. The molecule has 0 amide bonds. The van der Waals surface area contributed by atoms with Crippen LogP contribution < -0.4 is 10.2 Å². The summed E-state index contributed by atoms with van der Waals surface area (Å²) >= 11 is 0. The highest BCUT2D eigenvalue weighted by Gasteiger charge is 2.21. The molecule has 110 valence electrons. The van der Waals surface area contributed by atoms with E-state index in [9.17, 15) is 10.1 Å². The van der Waals surface area contributed by atoms with Crippen LogP contribution in [0.2, 0.25) is 0 Å². The lowest BCUT2D eigenvalue weighted by molar-refractivity contribution is -0.385. The largest absolute Gasteiger partial charge is 0.338 e. The van der Waals surface area contributed by atoms with Gasteiger partial charge in [0.25, 0.3) is 0 Å². The summed E-state index contributed by atoms with van der Waals surface area (Å²) < 4.78 is 0. The Morgan fingerprint density at radius 2 is 2.00 bits per heavy atom. The van der Waals surface area contributed by atoms with Gasteiger partial charge in [-0.15, -0.1) is 0 Å². The third-order valence-electron chi connectivity index (χ3n) is 3.63. The van der Waals surface area contributed by atoms with Crippen molar-refractivity contribution < 1.29 is 4.92 Å². The standard InChI is InChI=1S/C13H21N5O2/c1-10(2)17(9-11-3-5-14-6-4-11)13-15-7-12(8-16-13)18(19)20/h7-8,10-11,14H,3-6,9H2,1-2H3. The van der Waals surface area contributed by atoms with Gasteiger partial charge in [0, 0.05) is 12.6 Å². The van der Waals surface area contributed by atoms with Crippen molar-refractivity contribution in [2.45, 2.75) is 32.7 Å². The highest BCUT2D eigenvalue weighted by atomic mass is 16.6. The number of nitrogens with one attached hydrogen (secondary N) is 1. The second kappa shape index (κ2) is 6.60. The van der Waals surface area contributed by atoms with Crippen LogP contribution in [0.5, 0.6) is 0 Å². The SMILES string of the molecule is CC(C)N(CC1CCNCC1)c1ncc([N+](=O)[O-])cn1. The second-order valence-electron chi connectivity index (χ2n) is 5.44. The van der Waals surface area contributed by atoms with Gasteiger partial charge in [-0.3, -0.25) is 10.1 Å². The summed E-state index contributed by atoms with van der Waals surface area (Å²) in [6.45, 7) is 7.18. The zero-order valence-corrected chi connectivity index (χ0v) is 12.0. The van der Waals surface area contributed by atoms with Crippen molar-refractivity contribution >= 4 is 11.6 Å². The lowest BCUT2D eigenvalue weighted by atomic mass is 9.97. The van der Waals surface area contributed by atoms with Gasteiger partial charge in [-0.25, -0.2) is 9.97 Å². The van der Waals surface area contributed by atoms with Crippen molar-refractivity contribution in [2.75, 3.05) is 24.5 Å². The van der Waals surface area contributed by atoms with Gasteiger partial charge in [0.15, 0.2) is 0 Å². The molecule has 1 aliphatic heterocycles. The minimum Gasteiger partial charge on any atom is -0.338 e. The highest BCUT2D eigenvalue weighted by Crippen LogP contribution is 2.20. The van der Waals surface area contributed by atoms with Crippen LogP contribution in [0.1, 0.15) is 26.7 Å². The average Bonchev–Trinajstić information content (AvgIpc) is 2.45. The Balaban J connectivity index is 2.09. The van der Waals surface area contributed by atoms with Crippen LogP contribution in [0, 0.1) is 16.0 Å². The van der Waals surface area contributed by atoms with Gasteiger partial charge < -0.3 is 10.2 Å². The Bertz CT molecular complexity index is 443. The predicted molar refractivity (Wildman–Crippen MR) is 76.8 cm³/mol. The molecule has 0 aliphatic carbocycles. The van der Waals surface area contributed by atoms with E-state index in [-0.39, 0.29) is 11.7 Å². The van der Waals surface area contributed by atoms with E-state index in [0.717, 1.165) is 32.5 Å². The second-order valence-corrected chi connectivity index (χ2v) is 5.44. The Hall–Kier alpha value is -1.76. The van der Waals surface area contributed by atoms with Crippen LogP contribution in [-0.4, -0.2) is 40.6 Å². The fraction of sp³-hybridized carbons (Fsp3) is 0.692. The fourth-order valence-electron chi connectivity index (χ4n) is 2.42. The first-order valence-corrected chi connectivity index (χ1v) is 7.01. The van der Waals surface area contributed by atoms with Crippen LogP contribution in [0.3, 0.4) is 0 Å². The summed E-state index contributed by atoms with van der Waals surface area (Å²) in [6.07, 6.45) is 4.85. The van der Waals surface area contributed by atoms with Crippen molar-refractivity contribution in [3.63, 3.8) is 0 Å². The first-order chi connectivity index (χ1) is 9.58. The number of nitro groups is 1. The lowest BCUT2D eigenvalue weighted by Gasteiger charge is -2.32. The van der Waals surface area contributed by atoms with Crippen LogP contribution in [-0.2, 0) is 0 Å². The Morgan fingerprint density at radius 3 is 2.50 bits per heavy atom. The molecule has 0 unspecified atom stereocenters. The first kappa shape index (κ1) is 14.6. The van der Waals surface area contributed by atoms with Gasteiger partial charge in [-0.1, -0.05) is 0 Å². The number of hydrogen-bond donors (Lipinski definition) is 1. The van der Waals surface area contributed by atoms with E-state index in [0.29, 0.717) is 11.9 Å². The molecular weight excluding hydrogens is 258 g/mol. The Labute approximate surface area is 118 Å². The highest BCUT2D eigenvalue weighted by molar-refractivity contribution is 5.34. The molecule has 0 spiro atoms. The maximum Gasteiger partial charge on any atom is 0.305 e. The number of anilines is 1. The van der Waals surface area contributed by atoms with Crippen molar-refractivity contribution in [1.29, 1.82) is 0 Å². The average molecular weight is 279 g/mol. The molecule has 1 aromatic heterocycles. The van der Waals surface area contributed by atoms with Crippen molar-refractivity contribution in [1.82, 2.24) is 15.3 Å². The fourth-order valence-corrected chi connectivity index (χ4v) is 2.42. The van der Waals surface area contributed by atoms with E-state index in [2.05, 4.69) is 34.0 Å². The Morgan fingerprint density at radius 1 is 1.40 bits per heavy atom. The molecule has 1 aromatic rings. The maximum absolute atomic E-state index is 10.6. The van der Waals surface area contributed by atoms with Crippen molar-refractivity contribution in [3.05, 3.63) is 22.5 Å². The van der Waals surface area contributed by atoms with E-state index in [1.54, 1.807) is 0 Å². The summed E-state index contributed by atoms with van der Waals surface area (Å²) in [6, 6.07) is 0.270. The molecular formula is C13H21N5O2. The summed E-state index contributed by atoms with van der Waals surface area (Å²) in [5.74, 6) is 1.20. The van der Waals surface area contributed by atoms with Crippen LogP contribution in [0.25, 0.3) is 0 Å². The van der Waals surface area contributed by atoms with Crippen LogP contribution in [0.4, 0.5) is 11.6 Å². The summed E-state index contributed by atoms with van der Waals surface area (Å²) in [4.78, 5) is 20.6. The van der Waals surface area contributed by atoms with Crippen molar-refractivity contribution in [3.8, 4) is 0 Å². The number of aromatic nitrogens is 2. The Kier molecular flexibility index (Phi) is 4.84. The maximum atomic E-state index is 10.6. The minimum absolute atomic E-state index is 0.0701. The molecule has 1 N–H and O–H groups in total. The van der Waals surface area contributed by atoms with Gasteiger partial charge >= 0.3 is 5.69 Å². The molecule has 1 aliphatic rings. The molecule has 7 heteroatoms. The molecule has 7 nitrogen and oxygen atoms in total. The van der Waals surface area contributed by atoms with Crippen molar-refractivity contribution in [2.24, 2.45) is 5.92 Å². The summed E-state index contributed by atoms with van der Waals surface area (Å²) in [5, 5.41) is 14.0. The smallest absolute Gasteiger partial charge is 0.305 e. The minimum atomic E-state index is -0.476. The first-order valence-electron chi connectivity index (χ1n) is 7.01. The number of hydrogen-bond acceptors (Lipinski definition) is 6. The molecule has 0 atom stereocenters. The number of nitrogens with zero attached hydrogens (tertiary/aromatic N) is 4. The molecule has 2 rings (SSSR count). The number of rotatable bonds is 5. The van der Waals surface area contributed by atoms with E-state index >= 15 is 0 Å². The summed E-state index contributed by atoms with van der Waals surface area (Å²) in [7, 11) is 0. The third kappa shape index (κ3) is 3.63. The van der Waals surface area contributed by atoms with E-state index in [1.165, 1.54) is 12.4 Å². The van der Waals surface area contributed by atoms with Crippen LogP contribution in [0.15, 0.2) is 12.4 Å². The molecule has 0 bridgehead atoms. The molecule has 0 saturated carbocycles. The van der Waals surface area contributed by atoms with Crippen LogP contribution >= 0.6 is 0 Å². The zero-order chi connectivity index (χ0) is 14.5. The lowest BCUT2D eigenvalue weighted by Crippen LogP contribution is -2.40. The molecule has 20 heavy (non-hydrogen) atoms. The van der Waals surface area contributed by atoms with Gasteiger partial charge in [0.05, 0.1) is 4.92 Å². The molecule has 0 radical (unpaired) electrons. The van der Waals surface area contributed by atoms with E-state index < -0.39 is 4.92 Å². The van der Waals surface area contributed by atoms with Gasteiger partial charge in [0.2, 0.25) is 5.95 Å². The topological polar surface area (TPSA) is 84.2 Å². The van der Waals surface area contributed by atoms with Gasteiger partial charge in [-0.05, 0) is 45.7 Å².